The van der Waals surface area contributed by atoms with Gasteiger partial charge in [-0.25, -0.2) is 2.92 Å². The fourth-order valence-corrected chi connectivity index (χ4v) is 0. The number of halogens is 2. The summed E-state index contributed by atoms with van der Waals surface area (Å²) in [5.74, 6) is 0. The zero-order valence-electron chi connectivity index (χ0n) is 5.53. The molecular weight excluding hydrogens is 663 g/mol. The van der Waals surface area contributed by atoms with Crippen molar-refractivity contribution >= 4 is 108 Å². The predicted molar refractivity (Wildman–Crippen MR) is 36.9 cm³/mol. The van der Waals surface area contributed by atoms with Crippen molar-refractivity contribution in [3.05, 3.63) is 0 Å². The Hall–Kier alpha value is 4.83. The number of rotatable bonds is 0. The van der Waals surface area contributed by atoms with Gasteiger partial charge in [0.15, 0.2) is 0 Å². The maximum Gasteiger partial charge on any atom is 0 e. The van der Waals surface area contributed by atoms with Crippen LogP contribution in [0.4, 0.5) is 0 Å². The van der Waals surface area contributed by atoms with Crippen molar-refractivity contribution in [2.75, 3.05) is 0 Å². The van der Waals surface area contributed by atoms with Gasteiger partial charge in [0.2, 0.25) is 0 Å². The first-order valence-corrected chi connectivity index (χ1v) is 1.60. The topological polar surface area (TPSA) is 9.23 Å². The van der Waals surface area contributed by atoms with E-state index < -0.39 is 0 Å². The van der Waals surface area contributed by atoms with Gasteiger partial charge in [0.25, 0.3) is 0 Å². The second kappa shape index (κ2) is 30.8. The summed E-state index contributed by atoms with van der Waals surface area (Å²) in [6.07, 6.45) is 0. The third-order valence-electron chi connectivity index (χ3n) is 0. The first-order chi connectivity index (χ1) is 1.41. The van der Waals surface area contributed by atoms with Crippen molar-refractivity contribution in [3.63, 3.8) is 0 Å². The normalized spacial score (nSPS) is 2.57. The molecule has 7 heteroatoms. The molecule has 0 heterocycles. The standard InChI is InChI=1S/Ba.Bi.Br2O.Nb.Ti.5H/c;;1-3-2;;;;;;;/q+2;;;;;;;;2*-1. The van der Waals surface area contributed by atoms with E-state index in [0.29, 0.717) is 0 Å². The molecule has 0 amide bonds. The largest absolute Gasteiger partial charge is 1.00 e. The first-order valence-electron chi connectivity index (χ1n) is 0.309. The average molecular weight is 668 g/mol. The van der Waals surface area contributed by atoms with Crippen LogP contribution < -0.4 is 0 Å². The summed E-state index contributed by atoms with van der Waals surface area (Å²) in [5.41, 5.74) is 0. The van der Waals surface area contributed by atoms with E-state index in [2.05, 4.69) is 35.4 Å². The van der Waals surface area contributed by atoms with Gasteiger partial charge in [0.1, 0.15) is 32.5 Å². The van der Waals surface area contributed by atoms with Gasteiger partial charge >= 0.3 is 75.1 Å². The zero-order chi connectivity index (χ0) is 2.71. The van der Waals surface area contributed by atoms with Crippen molar-refractivity contribution in [1.29, 1.82) is 0 Å². The van der Waals surface area contributed by atoms with Gasteiger partial charge < -0.3 is 2.85 Å². The summed E-state index contributed by atoms with van der Waals surface area (Å²) in [4.78, 5) is 0. The van der Waals surface area contributed by atoms with Crippen LogP contribution in [-0.2, 0) is 47.0 Å². The molecule has 41 valence electrons. The Bertz CT molecular complexity index is 24.5. The maximum absolute atomic E-state index is 3.88. The maximum atomic E-state index is 3.88. The summed E-state index contributed by atoms with van der Waals surface area (Å²) in [5, 5.41) is 0. The second-order valence-corrected chi connectivity index (χ2v) is 1.57. The zero-order valence-corrected chi connectivity index (χ0v) is 20.4. The van der Waals surface area contributed by atoms with Crippen LogP contribution in [0.25, 0.3) is 0 Å². The first kappa shape index (κ1) is 29.7. The predicted octanol–water partition coefficient (Wildman–Crippen LogP) is 0.278. The van der Waals surface area contributed by atoms with Crippen LogP contribution in [0.1, 0.15) is 2.85 Å². The molecule has 0 aromatic carbocycles. The van der Waals surface area contributed by atoms with Crippen molar-refractivity contribution < 1.29 is 49.9 Å². The van der Waals surface area contributed by atoms with Gasteiger partial charge in [-0.2, -0.15) is 0 Å². The van der Waals surface area contributed by atoms with Crippen LogP contribution >= 0.6 is 32.5 Å². The van der Waals surface area contributed by atoms with Crippen LogP contribution in [0.3, 0.4) is 0 Å². The van der Waals surface area contributed by atoms with E-state index in [9.17, 15) is 0 Å². The van der Waals surface area contributed by atoms with E-state index in [1.165, 1.54) is 0 Å². The molecule has 0 aromatic heterocycles. The third kappa shape index (κ3) is 36.2. The van der Waals surface area contributed by atoms with Gasteiger partial charge in [0, 0.05) is 44.1 Å². The summed E-state index contributed by atoms with van der Waals surface area (Å²) in [6, 6.07) is 0. The van der Waals surface area contributed by atoms with Gasteiger partial charge in [-0.3, -0.25) is 0 Å². The smallest absolute Gasteiger partial charge is 0 e. The fourth-order valence-electron chi connectivity index (χ4n) is 0. The molecule has 0 spiro atoms. The van der Waals surface area contributed by atoms with Crippen molar-refractivity contribution in [1.82, 2.24) is 0 Å². The van der Waals surface area contributed by atoms with Crippen LogP contribution in [0, 0.1) is 0 Å². The Labute approximate surface area is 153 Å². The minimum absolute atomic E-state index is 0. The molecule has 0 aliphatic heterocycles. The Morgan fingerprint density at radius 1 is 1.29 bits per heavy atom. The van der Waals surface area contributed by atoms with Crippen LogP contribution in [0.2, 0.25) is 0 Å². The summed E-state index contributed by atoms with van der Waals surface area (Å²) < 4.78 is 3.88. The summed E-state index contributed by atoms with van der Waals surface area (Å²) in [7, 11) is 0. The van der Waals surface area contributed by atoms with Gasteiger partial charge in [-0.15, -0.1) is 0 Å². The molecule has 1 nitrogen and oxygen atoms in total. The van der Waals surface area contributed by atoms with Gasteiger partial charge in [-0.1, -0.05) is 0 Å². The van der Waals surface area contributed by atoms with Gasteiger partial charge in [0.05, 0.1) is 0 Å². The fraction of sp³-hybridized carbons (Fsp3) is 0. The molecule has 0 aliphatic rings. The van der Waals surface area contributed by atoms with Crippen LogP contribution in [0.5, 0.6) is 0 Å². The monoisotopic (exact) mass is 667 g/mol. The van der Waals surface area contributed by atoms with Crippen molar-refractivity contribution in [3.8, 4) is 0 Å². The van der Waals surface area contributed by atoms with E-state index >= 15 is 0 Å². The molecule has 0 saturated heterocycles. The van der Waals surface area contributed by atoms with Crippen molar-refractivity contribution in [2.24, 2.45) is 0 Å². The quantitative estimate of drug-likeness (QED) is 0.338. The molecule has 0 fully saturated rings. The minimum Gasteiger partial charge on any atom is -1.00 e. The molecule has 0 saturated carbocycles. The molecule has 0 atom stereocenters. The molecule has 0 N–H and O–H groups in total. The van der Waals surface area contributed by atoms with E-state index in [1.54, 1.807) is 0 Å². The summed E-state index contributed by atoms with van der Waals surface area (Å²) >= 11 is 5.12. The third-order valence-corrected chi connectivity index (χ3v) is 0. The van der Waals surface area contributed by atoms with Gasteiger partial charge in [-0.05, 0) is 0 Å². The molecule has 7 heavy (non-hydrogen) atoms. The van der Waals surface area contributed by atoms with E-state index in [0.717, 1.165) is 0 Å². The van der Waals surface area contributed by atoms with Crippen LogP contribution in [-0.4, -0.2) is 75.1 Å². The summed E-state index contributed by atoms with van der Waals surface area (Å²) in [6.45, 7) is 0. The van der Waals surface area contributed by atoms with E-state index in [-0.39, 0.29) is 122 Å². The minimum atomic E-state index is 0. The van der Waals surface area contributed by atoms with Crippen molar-refractivity contribution in [2.45, 2.75) is 0 Å². The Morgan fingerprint density at radius 2 is 1.29 bits per heavy atom. The molecular formula is H5BaBiBr2NbOTi. The van der Waals surface area contributed by atoms with E-state index in [1.807, 2.05) is 0 Å². The van der Waals surface area contributed by atoms with Crippen LogP contribution in [0.15, 0.2) is 0 Å². The number of hydrogen-bond donors (Lipinski definition) is 0. The molecule has 1 radical (unpaired) electrons. The Morgan fingerprint density at radius 3 is 1.29 bits per heavy atom. The molecule has 0 bridgehead atoms. The molecule has 0 aliphatic carbocycles. The molecule has 0 aromatic rings. The van der Waals surface area contributed by atoms with E-state index in [4.69, 9.17) is 0 Å². The SMILES string of the molecule is BrOBr.[Ba+2].[BiH3].[H-].[H-].[Nb].[Ti]. The number of hydrogen-bond acceptors (Lipinski definition) is 1. The molecule has 0 rings (SSSR count). The Kier molecular flexibility index (Phi) is 131. The Balaban J connectivity index is -0.00000000133. The average Bonchev–Trinajstić information content (AvgIpc) is 0.918. The second-order valence-electron chi connectivity index (χ2n) is 0.0583. The molecule has 0 unspecified atom stereocenters.